The number of hydrogen-bond acceptors (Lipinski definition) is 5. The van der Waals surface area contributed by atoms with Crippen LogP contribution in [0.4, 0.5) is 0 Å². The first-order valence-corrected chi connectivity index (χ1v) is 8.17. The van der Waals surface area contributed by atoms with Crippen LogP contribution in [0.15, 0.2) is 18.6 Å². The maximum absolute atomic E-state index is 12.5. The van der Waals surface area contributed by atoms with Crippen LogP contribution >= 0.6 is 11.8 Å². The predicted octanol–water partition coefficient (Wildman–Crippen LogP) is 0.509. The number of nitrogens with one attached hydrogen (secondary N) is 1. The molecule has 0 unspecified atom stereocenters. The van der Waals surface area contributed by atoms with Crippen LogP contribution in [-0.2, 0) is 18.9 Å². The van der Waals surface area contributed by atoms with Gasteiger partial charge in [0.2, 0.25) is 0 Å². The number of hydrogen-bond donors (Lipinski definition) is 2. The van der Waals surface area contributed by atoms with E-state index in [0.29, 0.717) is 23.4 Å². The van der Waals surface area contributed by atoms with Crippen LogP contribution in [0.25, 0.3) is 11.3 Å². The zero-order valence-electron chi connectivity index (χ0n) is 12.8. The third-order valence-electron chi connectivity index (χ3n) is 3.66. The van der Waals surface area contributed by atoms with Gasteiger partial charge in [0.25, 0.3) is 5.91 Å². The van der Waals surface area contributed by atoms with Crippen LogP contribution in [0, 0.1) is 0 Å². The number of carboxylic acid groups (broad SMARTS) is 1. The molecule has 1 fully saturated rings. The molecule has 3 heterocycles. The molecule has 0 bridgehead atoms. The average molecular weight is 335 g/mol. The molecule has 23 heavy (non-hydrogen) atoms. The first kappa shape index (κ1) is 15.6. The van der Waals surface area contributed by atoms with Crippen molar-refractivity contribution in [2.24, 2.45) is 14.1 Å². The minimum Gasteiger partial charge on any atom is -0.480 e. The van der Waals surface area contributed by atoms with E-state index in [4.69, 9.17) is 5.11 Å². The summed E-state index contributed by atoms with van der Waals surface area (Å²) in [6, 6.07) is -0.143. The molecule has 0 aliphatic carbocycles. The lowest BCUT2D eigenvalue weighted by atomic mass is 10.1. The summed E-state index contributed by atoms with van der Waals surface area (Å²) < 4.78 is 3.23. The lowest BCUT2D eigenvalue weighted by Gasteiger charge is -2.11. The molecule has 2 aromatic rings. The fourth-order valence-electron chi connectivity index (χ4n) is 2.57. The average Bonchev–Trinajstić information content (AvgIpc) is 3.18. The molecule has 1 amide bonds. The number of carbonyl (C=O) groups is 2. The zero-order chi connectivity index (χ0) is 16.6. The van der Waals surface area contributed by atoms with Gasteiger partial charge in [0, 0.05) is 43.8 Å². The quantitative estimate of drug-likeness (QED) is 0.844. The van der Waals surface area contributed by atoms with Gasteiger partial charge in [0.1, 0.15) is 10.9 Å². The highest BCUT2D eigenvalue weighted by Gasteiger charge is 2.32. The fourth-order valence-corrected chi connectivity index (χ4v) is 3.77. The molecule has 1 aliphatic heterocycles. The van der Waals surface area contributed by atoms with E-state index in [1.807, 2.05) is 0 Å². The number of carbonyl (C=O) groups excluding carboxylic acids is 1. The molecule has 9 heteroatoms. The summed E-state index contributed by atoms with van der Waals surface area (Å²) >= 11 is 1.36. The van der Waals surface area contributed by atoms with Crippen molar-refractivity contribution in [2.45, 2.75) is 17.7 Å². The summed E-state index contributed by atoms with van der Waals surface area (Å²) in [5.74, 6) is -0.469. The highest BCUT2D eigenvalue weighted by Crippen LogP contribution is 2.28. The van der Waals surface area contributed by atoms with Crippen molar-refractivity contribution in [1.29, 1.82) is 0 Å². The van der Waals surface area contributed by atoms with Crippen molar-refractivity contribution in [1.82, 2.24) is 24.9 Å². The van der Waals surface area contributed by atoms with Crippen molar-refractivity contribution < 1.29 is 14.7 Å². The molecule has 2 atom stereocenters. The lowest BCUT2D eigenvalue weighted by molar-refractivity contribution is -0.136. The smallest absolute Gasteiger partial charge is 0.316 e. The second-order valence-electron chi connectivity index (χ2n) is 5.53. The molecule has 1 saturated heterocycles. The molecule has 122 valence electrons. The topological polar surface area (TPSA) is 102 Å². The molecule has 0 saturated carbocycles. The molecule has 0 spiro atoms. The van der Waals surface area contributed by atoms with Crippen molar-refractivity contribution >= 4 is 23.6 Å². The van der Waals surface area contributed by atoms with Crippen LogP contribution in [-0.4, -0.2) is 53.6 Å². The second-order valence-corrected chi connectivity index (χ2v) is 6.77. The van der Waals surface area contributed by atoms with Crippen LogP contribution < -0.4 is 5.32 Å². The summed E-state index contributed by atoms with van der Waals surface area (Å²) in [6.45, 7) is 0. The van der Waals surface area contributed by atoms with Crippen LogP contribution in [0.3, 0.4) is 0 Å². The Labute approximate surface area is 136 Å². The monoisotopic (exact) mass is 335 g/mol. The highest BCUT2D eigenvalue weighted by molar-refractivity contribution is 8.00. The Morgan fingerprint density at radius 1 is 1.35 bits per heavy atom. The number of aryl methyl sites for hydroxylation is 2. The molecular weight excluding hydrogens is 318 g/mol. The number of rotatable bonds is 4. The van der Waals surface area contributed by atoms with Gasteiger partial charge in [-0.3, -0.25) is 19.0 Å². The van der Waals surface area contributed by atoms with Gasteiger partial charge >= 0.3 is 5.97 Å². The lowest BCUT2D eigenvalue weighted by Crippen LogP contribution is -2.35. The van der Waals surface area contributed by atoms with Gasteiger partial charge in [-0.25, -0.2) is 0 Å². The summed E-state index contributed by atoms with van der Waals surface area (Å²) in [5.41, 5.74) is 1.80. The normalized spacial score (nSPS) is 20.6. The first-order chi connectivity index (χ1) is 10.9. The van der Waals surface area contributed by atoms with Crippen molar-refractivity contribution in [3.8, 4) is 11.3 Å². The van der Waals surface area contributed by atoms with Crippen molar-refractivity contribution in [3.05, 3.63) is 24.2 Å². The van der Waals surface area contributed by atoms with Crippen LogP contribution in [0.2, 0.25) is 0 Å². The molecular formula is C14H17N5O3S. The zero-order valence-corrected chi connectivity index (χ0v) is 13.6. The Balaban J connectivity index is 1.77. The Morgan fingerprint density at radius 2 is 2.13 bits per heavy atom. The van der Waals surface area contributed by atoms with Crippen LogP contribution in [0.5, 0.6) is 0 Å². The molecule has 2 N–H and O–H groups in total. The van der Waals surface area contributed by atoms with E-state index in [-0.39, 0.29) is 11.9 Å². The van der Waals surface area contributed by atoms with Crippen molar-refractivity contribution in [2.75, 3.05) is 5.75 Å². The van der Waals surface area contributed by atoms with E-state index in [0.717, 1.165) is 5.56 Å². The summed E-state index contributed by atoms with van der Waals surface area (Å²) in [7, 11) is 3.55. The van der Waals surface area contributed by atoms with Gasteiger partial charge in [0.05, 0.1) is 11.8 Å². The van der Waals surface area contributed by atoms with E-state index in [9.17, 15) is 9.59 Å². The largest absolute Gasteiger partial charge is 0.480 e. The first-order valence-electron chi connectivity index (χ1n) is 7.12. The van der Waals surface area contributed by atoms with Gasteiger partial charge in [-0.15, -0.1) is 11.8 Å². The standard InChI is InChI=1S/C14H17N5O3S/c1-18-5-8(4-15-18)12-10(6-19(2)17-12)13(20)16-9-3-11(14(21)22)23-7-9/h4-6,9,11H,3,7H2,1-2H3,(H,16,20)(H,21,22)/t9-,11-/m0/s1. The van der Waals surface area contributed by atoms with Gasteiger partial charge in [-0.05, 0) is 6.42 Å². The van der Waals surface area contributed by atoms with E-state index in [1.165, 1.54) is 11.8 Å². The van der Waals surface area contributed by atoms with Gasteiger partial charge in [0.15, 0.2) is 0 Å². The number of aromatic nitrogens is 4. The molecule has 8 nitrogen and oxygen atoms in total. The molecule has 1 aliphatic rings. The second kappa shape index (κ2) is 6.07. The SMILES string of the molecule is Cn1cc(-c2nn(C)cc2C(=O)N[C@@H]2CS[C@H](C(=O)O)C2)cn1. The number of thioether (sulfide) groups is 1. The minimum atomic E-state index is -0.829. The number of amides is 1. The van der Waals surface area contributed by atoms with E-state index < -0.39 is 11.2 Å². The van der Waals surface area contributed by atoms with Gasteiger partial charge < -0.3 is 10.4 Å². The molecule has 3 rings (SSSR count). The maximum Gasteiger partial charge on any atom is 0.316 e. The van der Waals surface area contributed by atoms with Crippen molar-refractivity contribution in [3.63, 3.8) is 0 Å². The molecule has 0 radical (unpaired) electrons. The number of carboxylic acids is 1. The van der Waals surface area contributed by atoms with E-state index >= 15 is 0 Å². The molecule has 2 aromatic heterocycles. The highest BCUT2D eigenvalue weighted by atomic mass is 32.2. The van der Waals surface area contributed by atoms with Gasteiger partial charge in [-0.1, -0.05) is 0 Å². The third kappa shape index (κ3) is 3.24. The Bertz CT molecular complexity index is 753. The Kier molecular flexibility index (Phi) is 4.12. The number of aliphatic carboxylic acids is 1. The van der Waals surface area contributed by atoms with Gasteiger partial charge in [-0.2, -0.15) is 10.2 Å². The van der Waals surface area contributed by atoms with E-state index in [2.05, 4.69) is 15.5 Å². The van der Waals surface area contributed by atoms with Crippen LogP contribution in [0.1, 0.15) is 16.8 Å². The third-order valence-corrected chi connectivity index (χ3v) is 5.05. The van der Waals surface area contributed by atoms with E-state index in [1.54, 1.807) is 42.0 Å². The number of nitrogens with zero attached hydrogens (tertiary/aromatic N) is 4. The minimum absolute atomic E-state index is 0.143. The Hall–Kier alpha value is -2.29. The summed E-state index contributed by atoms with van der Waals surface area (Å²) in [6.07, 6.45) is 5.55. The fraction of sp³-hybridized carbons (Fsp3) is 0.429. The Morgan fingerprint density at radius 3 is 2.74 bits per heavy atom. The summed E-state index contributed by atoms with van der Waals surface area (Å²) in [5, 5.41) is 19.9. The molecule has 0 aromatic carbocycles. The predicted molar refractivity (Wildman–Crippen MR) is 85.2 cm³/mol. The summed E-state index contributed by atoms with van der Waals surface area (Å²) in [4.78, 5) is 23.5. The maximum atomic E-state index is 12.5.